The summed E-state index contributed by atoms with van der Waals surface area (Å²) in [5, 5.41) is 0. The Hall–Kier alpha value is 0. The summed E-state index contributed by atoms with van der Waals surface area (Å²) < 4.78 is 0. The van der Waals surface area contributed by atoms with Crippen molar-refractivity contribution in [3.05, 3.63) is 0 Å². The van der Waals surface area contributed by atoms with Gasteiger partial charge in [0.15, 0.2) is 0 Å². The molecule has 11 heavy (non-hydrogen) atoms. The number of hydrogen-bond donors (Lipinski definition) is 0. The molecular formula is C11H20. The van der Waals surface area contributed by atoms with E-state index in [1.54, 1.807) is 0 Å². The molecular weight excluding hydrogens is 132 g/mol. The molecule has 0 saturated heterocycles. The Morgan fingerprint density at radius 1 is 1.09 bits per heavy atom. The second kappa shape index (κ2) is 2.50. The van der Waals surface area contributed by atoms with Crippen molar-refractivity contribution in [2.75, 3.05) is 0 Å². The van der Waals surface area contributed by atoms with Gasteiger partial charge in [0.1, 0.15) is 0 Å². The number of rotatable bonds is 0. The Morgan fingerprint density at radius 3 is 2.64 bits per heavy atom. The van der Waals surface area contributed by atoms with Crippen molar-refractivity contribution in [3.8, 4) is 0 Å². The lowest BCUT2D eigenvalue weighted by Gasteiger charge is -2.39. The maximum Gasteiger partial charge on any atom is -0.0272 e. The quantitative estimate of drug-likeness (QED) is 0.497. The first-order valence-electron chi connectivity index (χ1n) is 5.23. The molecule has 0 heterocycles. The van der Waals surface area contributed by atoms with Crippen LogP contribution in [0.4, 0.5) is 0 Å². The van der Waals surface area contributed by atoms with E-state index in [9.17, 15) is 0 Å². The van der Waals surface area contributed by atoms with Gasteiger partial charge in [-0.05, 0) is 42.9 Å². The average Bonchev–Trinajstić information content (AvgIpc) is 2.29. The van der Waals surface area contributed by atoms with Gasteiger partial charge in [-0.3, -0.25) is 0 Å². The summed E-state index contributed by atoms with van der Waals surface area (Å²) in [6.45, 7) is 5.00. The highest BCUT2D eigenvalue weighted by Gasteiger charge is 2.44. The van der Waals surface area contributed by atoms with Crippen molar-refractivity contribution >= 4 is 0 Å². The second-order valence-corrected chi connectivity index (χ2v) is 4.93. The molecule has 0 amide bonds. The first kappa shape index (κ1) is 7.64. The largest absolute Gasteiger partial charge is 0.0620 e. The van der Waals surface area contributed by atoms with E-state index in [-0.39, 0.29) is 0 Å². The maximum atomic E-state index is 2.54. The van der Waals surface area contributed by atoms with Crippen LogP contribution in [-0.2, 0) is 0 Å². The lowest BCUT2D eigenvalue weighted by molar-refractivity contribution is 0.109. The van der Waals surface area contributed by atoms with Crippen LogP contribution in [0.5, 0.6) is 0 Å². The smallest absolute Gasteiger partial charge is 0.0272 e. The molecule has 3 atom stereocenters. The van der Waals surface area contributed by atoms with Crippen LogP contribution in [0.15, 0.2) is 0 Å². The zero-order chi connectivity index (χ0) is 7.90. The lowest BCUT2D eigenvalue weighted by Crippen LogP contribution is -2.30. The van der Waals surface area contributed by atoms with Gasteiger partial charge in [-0.25, -0.2) is 0 Å². The monoisotopic (exact) mass is 152 g/mol. The summed E-state index contributed by atoms with van der Waals surface area (Å²) in [5.41, 5.74) is 0.748. The Balaban J connectivity index is 2.16. The molecule has 64 valence electrons. The van der Waals surface area contributed by atoms with Gasteiger partial charge in [0.25, 0.3) is 0 Å². The van der Waals surface area contributed by atoms with Crippen LogP contribution in [0.25, 0.3) is 0 Å². The van der Waals surface area contributed by atoms with Gasteiger partial charge in [0.05, 0.1) is 0 Å². The molecule has 2 rings (SSSR count). The van der Waals surface area contributed by atoms with E-state index in [0.717, 1.165) is 17.3 Å². The molecule has 0 heteroatoms. The SMILES string of the molecule is CC1CCC2CCCCC12C. The fraction of sp³-hybridized carbons (Fsp3) is 1.00. The predicted molar refractivity (Wildman–Crippen MR) is 48.5 cm³/mol. The summed E-state index contributed by atoms with van der Waals surface area (Å²) >= 11 is 0. The average molecular weight is 152 g/mol. The van der Waals surface area contributed by atoms with E-state index in [4.69, 9.17) is 0 Å². The van der Waals surface area contributed by atoms with E-state index in [2.05, 4.69) is 13.8 Å². The van der Waals surface area contributed by atoms with Crippen LogP contribution >= 0.6 is 0 Å². The van der Waals surface area contributed by atoms with Gasteiger partial charge in [-0.1, -0.05) is 26.7 Å². The van der Waals surface area contributed by atoms with E-state index in [1.807, 2.05) is 0 Å². The fourth-order valence-corrected chi connectivity index (χ4v) is 3.33. The standard InChI is InChI=1S/C11H20/c1-9-6-7-10-5-3-4-8-11(9,10)2/h9-10H,3-8H2,1-2H3. The molecule has 0 N–H and O–H groups in total. The molecule has 2 aliphatic carbocycles. The van der Waals surface area contributed by atoms with Crippen molar-refractivity contribution in [3.63, 3.8) is 0 Å². The normalized spacial score (nSPS) is 50.7. The minimum atomic E-state index is 0.748. The van der Waals surface area contributed by atoms with Crippen molar-refractivity contribution in [2.24, 2.45) is 17.3 Å². The van der Waals surface area contributed by atoms with E-state index >= 15 is 0 Å². The van der Waals surface area contributed by atoms with Crippen molar-refractivity contribution in [2.45, 2.75) is 52.4 Å². The molecule has 0 aromatic heterocycles. The first-order valence-corrected chi connectivity index (χ1v) is 5.23. The first-order chi connectivity index (χ1) is 5.23. The Bertz CT molecular complexity index is 148. The lowest BCUT2D eigenvalue weighted by atomic mass is 9.66. The van der Waals surface area contributed by atoms with Gasteiger partial charge in [0.2, 0.25) is 0 Å². The minimum Gasteiger partial charge on any atom is -0.0620 e. The van der Waals surface area contributed by atoms with Gasteiger partial charge < -0.3 is 0 Å². The molecule has 2 saturated carbocycles. The van der Waals surface area contributed by atoms with Crippen molar-refractivity contribution in [1.82, 2.24) is 0 Å². The third kappa shape index (κ3) is 1.02. The molecule has 0 aliphatic heterocycles. The van der Waals surface area contributed by atoms with E-state index in [1.165, 1.54) is 38.5 Å². The third-order valence-corrected chi connectivity index (χ3v) is 4.52. The summed E-state index contributed by atoms with van der Waals surface area (Å²) in [5.74, 6) is 2.10. The van der Waals surface area contributed by atoms with Gasteiger partial charge >= 0.3 is 0 Å². The van der Waals surface area contributed by atoms with E-state index in [0.29, 0.717) is 0 Å². The zero-order valence-electron chi connectivity index (χ0n) is 7.90. The Kier molecular flexibility index (Phi) is 1.74. The molecule has 0 aromatic carbocycles. The van der Waals surface area contributed by atoms with Crippen LogP contribution in [0.1, 0.15) is 52.4 Å². The van der Waals surface area contributed by atoms with E-state index < -0.39 is 0 Å². The highest BCUT2D eigenvalue weighted by Crippen LogP contribution is 2.54. The van der Waals surface area contributed by atoms with Crippen LogP contribution < -0.4 is 0 Å². The third-order valence-electron chi connectivity index (χ3n) is 4.52. The topological polar surface area (TPSA) is 0 Å². The van der Waals surface area contributed by atoms with Crippen LogP contribution in [0, 0.1) is 17.3 Å². The summed E-state index contributed by atoms with van der Waals surface area (Å²) in [6, 6.07) is 0. The molecule has 0 bridgehead atoms. The predicted octanol–water partition coefficient (Wildman–Crippen LogP) is 3.61. The molecule has 0 radical (unpaired) electrons. The van der Waals surface area contributed by atoms with Crippen LogP contribution in [0.3, 0.4) is 0 Å². The van der Waals surface area contributed by atoms with Gasteiger partial charge in [0, 0.05) is 0 Å². The van der Waals surface area contributed by atoms with Crippen molar-refractivity contribution < 1.29 is 0 Å². The van der Waals surface area contributed by atoms with Gasteiger partial charge in [-0.15, -0.1) is 0 Å². The molecule has 3 unspecified atom stereocenters. The van der Waals surface area contributed by atoms with Crippen LogP contribution in [-0.4, -0.2) is 0 Å². The number of fused-ring (bicyclic) bond motifs is 1. The fourth-order valence-electron chi connectivity index (χ4n) is 3.33. The summed E-state index contributed by atoms with van der Waals surface area (Å²) in [7, 11) is 0. The Labute approximate surface area is 70.4 Å². The molecule has 0 nitrogen and oxygen atoms in total. The molecule has 0 aromatic rings. The number of hydrogen-bond acceptors (Lipinski definition) is 0. The van der Waals surface area contributed by atoms with Crippen molar-refractivity contribution in [1.29, 1.82) is 0 Å². The van der Waals surface area contributed by atoms with Gasteiger partial charge in [-0.2, -0.15) is 0 Å². The highest BCUT2D eigenvalue weighted by atomic mass is 14.5. The highest BCUT2D eigenvalue weighted by molar-refractivity contribution is 4.95. The molecule has 2 aliphatic rings. The maximum absolute atomic E-state index is 2.54. The van der Waals surface area contributed by atoms with Crippen LogP contribution in [0.2, 0.25) is 0 Å². The molecule has 0 spiro atoms. The minimum absolute atomic E-state index is 0.748. The summed E-state index contributed by atoms with van der Waals surface area (Å²) in [4.78, 5) is 0. The summed E-state index contributed by atoms with van der Waals surface area (Å²) in [6.07, 6.45) is 9.07. The Morgan fingerprint density at radius 2 is 1.91 bits per heavy atom. The molecule has 2 fully saturated rings. The second-order valence-electron chi connectivity index (χ2n) is 4.93. The zero-order valence-corrected chi connectivity index (χ0v) is 7.90.